The second-order valence-corrected chi connectivity index (χ2v) is 9.31. The molecule has 1 aliphatic heterocycles. The van der Waals surface area contributed by atoms with E-state index in [0.717, 1.165) is 5.56 Å². The molecule has 14 heteroatoms. The van der Waals surface area contributed by atoms with Gasteiger partial charge in [0.25, 0.3) is 5.91 Å². The Morgan fingerprint density at radius 2 is 1.45 bits per heavy atom. The number of ether oxygens (including phenoxy) is 8. The number of methoxy groups -OCH3 is 2. The van der Waals surface area contributed by atoms with E-state index in [1.807, 2.05) is 0 Å². The number of hydrogen-bond acceptors (Lipinski definition) is 11. The number of azide groups is 1. The Balaban J connectivity index is 1.22. The van der Waals surface area contributed by atoms with E-state index < -0.39 is 6.10 Å². The molecule has 0 bridgehead atoms. The normalized spacial score (nSPS) is 13.9. The maximum atomic E-state index is 12.8. The molecular formula is C30H40N4O10. The van der Waals surface area contributed by atoms with Crippen molar-refractivity contribution >= 4 is 11.7 Å². The zero-order valence-corrected chi connectivity index (χ0v) is 25.2. The quantitative estimate of drug-likeness (QED) is 0.0894. The van der Waals surface area contributed by atoms with Gasteiger partial charge in [0.15, 0.2) is 17.3 Å². The molecule has 1 N–H and O–H groups in total. The zero-order valence-electron chi connectivity index (χ0n) is 25.2. The Morgan fingerprint density at radius 1 is 0.864 bits per heavy atom. The Hall–Kier alpha value is -3.91. The summed E-state index contributed by atoms with van der Waals surface area (Å²) in [5, 5.41) is 6.19. The molecule has 44 heavy (non-hydrogen) atoms. The highest BCUT2D eigenvalue weighted by molar-refractivity contribution is 6.01. The first-order valence-electron chi connectivity index (χ1n) is 14.3. The van der Waals surface area contributed by atoms with Crippen molar-refractivity contribution in [1.82, 2.24) is 5.32 Å². The molecule has 0 fully saturated rings. The molecule has 2 aromatic carbocycles. The van der Waals surface area contributed by atoms with Crippen molar-refractivity contribution in [3.05, 3.63) is 63.5 Å². The first-order chi connectivity index (χ1) is 21.6. The molecule has 1 unspecified atom stereocenters. The molecule has 2 aromatic rings. The summed E-state index contributed by atoms with van der Waals surface area (Å²) in [7, 11) is 3.02. The number of hydrogen-bond donors (Lipinski definition) is 1. The van der Waals surface area contributed by atoms with Gasteiger partial charge in [-0.2, -0.15) is 0 Å². The van der Waals surface area contributed by atoms with E-state index in [-0.39, 0.29) is 18.1 Å². The van der Waals surface area contributed by atoms with Crippen LogP contribution in [0.4, 0.5) is 0 Å². The second kappa shape index (κ2) is 20.1. The van der Waals surface area contributed by atoms with E-state index in [1.54, 1.807) is 36.4 Å². The van der Waals surface area contributed by atoms with Crippen LogP contribution >= 0.6 is 0 Å². The Bertz CT molecular complexity index is 1220. The van der Waals surface area contributed by atoms with Crippen molar-refractivity contribution in [3.8, 4) is 17.2 Å². The number of Topliss-reactive ketones (excluding diaryl/α,β-unsaturated/α-hetero) is 1. The minimum Gasteiger partial charge on any atom is -0.493 e. The molecule has 1 amide bonds. The van der Waals surface area contributed by atoms with Crippen molar-refractivity contribution in [2.45, 2.75) is 12.5 Å². The Morgan fingerprint density at radius 3 is 2.02 bits per heavy atom. The number of carbonyl (C=O) groups excluding carboxylic acids is 2. The molecular weight excluding hydrogens is 576 g/mol. The van der Waals surface area contributed by atoms with Crippen LogP contribution in [0.2, 0.25) is 0 Å². The molecule has 0 spiro atoms. The summed E-state index contributed by atoms with van der Waals surface area (Å²) >= 11 is 0. The smallest absolute Gasteiger partial charge is 0.251 e. The topological polar surface area (TPSA) is 169 Å². The van der Waals surface area contributed by atoms with Gasteiger partial charge in [-0.1, -0.05) is 17.2 Å². The molecule has 1 atom stereocenters. The van der Waals surface area contributed by atoms with Crippen molar-refractivity contribution in [1.29, 1.82) is 0 Å². The summed E-state index contributed by atoms with van der Waals surface area (Å²) in [5.41, 5.74) is 9.86. The summed E-state index contributed by atoms with van der Waals surface area (Å²) in [6.07, 6.45) is -0.333. The number of nitrogens with one attached hydrogen (secondary N) is 1. The van der Waals surface area contributed by atoms with Crippen molar-refractivity contribution in [3.63, 3.8) is 0 Å². The van der Waals surface area contributed by atoms with Gasteiger partial charge in [-0.3, -0.25) is 9.59 Å². The average Bonchev–Trinajstić information content (AvgIpc) is 3.05. The third kappa shape index (κ3) is 11.3. The first-order valence-corrected chi connectivity index (χ1v) is 14.3. The SMILES string of the molecule is COc1ccc2c(c1OC)OC(c1ccc(C(=O)NCCOCCOCCOCCOCCOCCN=[N+]=[N-])cc1)CC2=O. The monoisotopic (exact) mass is 616 g/mol. The van der Waals surface area contributed by atoms with E-state index in [1.165, 1.54) is 14.2 Å². The van der Waals surface area contributed by atoms with Crippen molar-refractivity contribution in [2.75, 3.05) is 93.4 Å². The molecule has 0 saturated heterocycles. The highest BCUT2D eigenvalue weighted by Gasteiger charge is 2.31. The predicted molar refractivity (Wildman–Crippen MR) is 159 cm³/mol. The van der Waals surface area contributed by atoms with E-state index in [4.69, 9.17) is 43.4 Å². The number of rotatable bonds is 22. The molecule has 0 aliphatic carbocycles. The average molecular weight is 617 g/mol. The second-order valence-electron chi connectivity index (χ2n) is 9.31. The zero-order chi connectivity index (χ0) is 31.4. The summed E-state index contributed by atoms with van der Waals surface area (Å²) in [5.74, 6) is 0.925. The fourth-order valence-corrected chi connectivity index (χ4v) is 4.20. The van der Waals surface area contributed by atoms with Gasteiger partial charge in [-0.05, 0) is 35.4 Å². The number of ketones is 1. The van der Waals surface area contributed by atoms with Gasteiger partial charge < -0.3 is 43.2 Å². The summed E-state index contributed by atoms with van der Waals surface area (Å²) in [6.45, 7) is 4.86. The van der Waals surface area contributed by atoms with Crippen LogP contribution in [0.3, 0.4) is 0 Å². The van der Waals surface area contributed by atoms with E-state index >= 15 is 0 Å². The largest absolute Gasteiger partial charge is 0.493 e. The predicted octanol–water partition coefficient (Wildman–Crippen LogP) is 3.53. The van der Waals surface area contributed by atoms with E-state index in [0.29, 0.717) is 108 Å². The number of nitrogens with zero attached hydrogens (tertiary/aromatic N) is 3. The standard InChI is InChI=1S/C30H40N4O10/c1-37-26-8-7-24-25(35)21-27(44-28(24)29(26)38-2)22-3-5-23(6-4-22)30(36)32-9-11-39-13-15-41-17-19-43-20-18-42-16-14-40-12-10-33-34-31/h3-8,27H,9-21H2,1-2H3,(H,32,36). The molecule has 3 rings (SSSR count). The molecule has 240 valence electrons. The molecule has 0 aromatic heterocycles. The van der Waals surface area contributed by atoms with Crippen molar-refractivity contribution in [2.24, 2.45) is 5.11 Å². The van der Waals surface area contributed by atoms with Crippen LogP contribution in [-0.4, -0.2) is 105 Å². The fourth-order valence-electron chi connectivity index (χ4n) is 4.20. The lowest BCUT2D eigenvalue weighted by atomic mass is 9.95. The third-order valence-electron chi connectivity index (χ3n) is 6.39. The van der Waals surface area contributed by atoms with Gasteiger partial charge in [0.2, 0.25) is 5.75 Å². The third-order valence-corrected chi connectivity index (χ3v) is 6.39. The maximum Gasteiger partial charge on any atom is 0.251 e. The van der Waals surface area contributed by atoms with Crippen LogP contribution in [0.25, 0.3) is 10.4 Å². The lowest BCUT2D eigenvalue weighted by Crippen LogP contribution is -2.27. The summed E-state index contributed by atoms with van der Waals surface area (Å²) in [6, 6.07) is 10.3. The number of carbonyl (C=O) groups is 2. The highest BCUT2D eigenvalue weighted by Crippen LogP contribution is 2.45. The molecule has 1 heterocycles. The fraction of sp³-hybridized carbons (Fsp3) is 0.533. The molecule has 0 radical (unpaired) electrons. The van der Waals surface area contributed by atoms with Crippen molar-refractivity contribution < 1.29 is 47.5 Å². The Labute approximate surface area is 256 Å². The minimum atomic E-state index is -0.511. The van der Waals surface area contributed by atoms with Gasteiger partial charge in [-0.15, -0.1) is 0 Å². The number of benzene rings is 2. The molecule has 0 saturated carbocycles. The molecule has 14 nitrogen and oxygen atoms in total. The first kappa shape index (κ1) is 34.6. The van der Waals surface area contributed by atoms with Gasteiger partial charge in [0, 0.05) is 23.6 Å². The van der Waals surface area contributed by atoms with Crippen LogP contribution in [0.15, 0.2) is 41.5 Å². The summed E-state index contributed by atoms with van der Waals surface area (Å²) < 4.78 is 43.9. The van der Waals surface area contributed by atoms with E-state index in [2.05, 4.69) is 15.3 Å². The lowest BCUT2D eigenvalue weighted by molar-refractivity contribution is -0.0102. The minimum absolute atomic E-state index is 0.0565. The lowest BCUT2D eigenvalue weighted by Gasteiger charge is -2.27. The van der Waals surface area contributed by atoms with Crippen LogP contribution in [0.5, 0.6) is 17.2 Å². The molecule has 1 aliphatic rings. The van der Waals surface area contributed by atoms with Crippen LogP contribution in [0, 0.1) is 0 Å². The maximum absolute atomic E-state index is 12.8. The summed E-state index contributed by atoms with van der Waals surface area (Å²) in [4.78, 5) is 28.0. The van der Waals surface area contributed by atoms with Crippen LogP contribution in [-0.2, 0) is 23.7 Å². The Kier molecular flexibility index (Phi) is 15.8. The number of fused-ring (bicyclic) bond motifs is 1. The van der Waals surface area contributed by atoms with E-state index in [9.17, 15) is 9.59 Å². The van der Waals surface area contributed by atoms with Gasteiger partial charge in [0.05, 0.1) is 92.3 Å². The van der Waals surface area contributed by atoms with Gasteiger partial charge >= 0.3 is 0 Å². The van der Waals surface area contributed by atoms with Crippen LogP contribution < -0.4 is 19.5 Å². The van der Waals surface area contributed by atoms with Crippen LogP contribution in [0.1, 0.15) is 38.8 Å². The van der Waals surface area contributed by atoms with Gasteiger partial charge in [-0.25, -0.2) is 0 Å². The highest BCUT2D eigenvalue weighted by atomic mass is 16.6. The van der Waals surface area contributed by atoms with Gasteiger partial charge in [0.1, 0.15) is 6.10 Å². The number of amides is 1.